The monoisotopic (exact) mass is 405 g/mol. The molecular weight excluding hydrogens is 376 g/mol. The SMILES string of the molecule is C[NH+](C)CCCOc1ccc(N[C@H]2c3ccccc3CSc3ccccc32)cc1. The van der Waals surface area contributed by atoms with E-state index in [1.54, 1.807) is 0 Å². The molecule has 1 aliphatic heterocycles. The van der Waals surface area contributed by atoms with Crippen molar-refractivity contribution in [1.82, 2.24) is 0 Å². The number of quaternary nitrogens is 1. The van der Waals surface area contributed by atoms with E-state index in [1.807, 2.05) is 11.8 Å². The first-order valence-corrected chi connectivity index (χ1v) is 11.3. The lowest BCUT2D eigenvalue weighted by Gasteiger charge is -2.23. The van der Waals surface area contributed by atoms with Crippen LogP contribution >= 0.6 is 11.8 Å². The Morgan fingerprint density at radius 3 is 2.45 bits per heavy atom. The molecule has 3 nitrogen and oxygen atoms in total. The summed E-state index contributed by atoms with van der Waals surface area (Å²) in [4.78, 5) is 2.81. The number of rotatable bonds is 7. The minimum atomic E-state index is 0.146. The van der Waals surface area contributed by atoms with Crippen LogP contribution in [-0.4, -0.2) is 27.2 Å². The summed E-state index contributed by atoms with van der Waals surface area (Å²) in [6.45, 7) is 1.89. The predicted octanol–water partition coefficient (Wildman–Crippen LogP) is 4.41. The molecule has 0 amide bonds. The van der Waals surface area contributed by atoms with Gasteiger partial charge in [0.1, 0.15) is 5.75 Å². The van der Waals surface area contributed by atoms with Crippen LogP contribution in [0.1, 0.15) is 29.2 Å². The lowest BCUT2D eigenvalue weighted by atomic mass is 9.95. The van der Waals surface area contributed by atoms with E-state index in [2.05, 4.69) is 92.2 Å². The number of ether oxygens (including phenoxy) is 1. The van der Waals surface area contributed by atoms with Crippen LogP contribution < -0.4 is 15.0 Å². The van der Waals surface area contributed by atoms with Gasteiger partial charge in [-0.3, -0.25) is 0 Å². The van der Waals surface area contributed by atoms with Crippen LogP contribution in [0.3, 0.4) is 0 Å². The molecule has 3 aromatic rings. The highest BCUT2D eigenvalue weighted by molar-refractivity contribution is 7.98. The van der Waals surface area contributed by atoms with Crippen LogP contribution in [0.2, 0.25) is 0 Å². The predicted molar refractivity (Wildman–Crippen MR) is 122 cm³/mol. The van der Waals surface area contributed by atoms with Crippen LogP contribution in [-0.2, 0) is 5.75 Å². The fourth-order valence-electron chi connectivity index (χ4n) is 3.71. The average Bonchev–Trinajstić information content (AvgIpc) is 2.90. The molecule has 4 heteroatoms. The van der Waals surface area contributed by atoms with Gasteiger partial charge in [0.15, 0.2) is 0 Å². The van der Waals surface area contributed by atoms with Gasteiger partial charge in [0.2, 0.25) is 0 Å². The van der Waals surface area contributed by atoms with Crippen LogP contribution in [0.25, 0.3) is 0 Å². The van der Waals surface area contributed by atoms with Crippen molar-refractivity contribution >= 4 is 17.4 Å². The maximum atomic E-state index is 5.89. The second-order valence-corrected chi connectivity index (χ2v) is 8.80. The number of fused-ring (bicyclic) bond motifs is 2. The first-order valence-electron chi connectivity index (χ1n) is 10.3. The second-order valence-electron chi connectivity index (χ2n) is 7.79. The van der Waals surface area contributed by atoms with Crippen LogP contribution in [0.4, 0.5) is 5.69 Å². The molecule has 0 aliphatic carbocycles. The highest BCUT2D eigenvalue weighted by Gasteiger charge is 2.23. The Bertz CT molecular complexity index is 892. The van der Waals surface area contributed by atoms with Gasteiger partial charge in [0, 0.05) is 22.8 Å². The van der Waals surface area contributed by atoms with Crippen molar-refractivity contribution in [3.05, 3.63) is 89.5 Å². The minimum absolute atomic E-state index is 0.146. The van der Waals surface area contributed by atoms with Crippen LogP contribution in [0.5, 0.6) is 5.75 Å². The summed E-state index contributed by atoms with van der Waals surface area (Å²) >= 11 is 1.92. The molecule has 1 atom stereocenters. The maximum Gasteiger partial charge on any atom is 0.119 e. The average molecular weight is 406 g/mol. The fourth-order valence-corrected chi connectivity index (χ4v) is 4.81. The third-order valence-electron chi connectivity index (χ3n) is 5.23. The van der Waals surface area contributed by atoms with Crippen molar-refractivity contribution in [2.24, 2.45) is 0 Å². The molecule has 0 saturated carbocycles. The minimum Gasteiger partial charge on any atom is -0.493 e. The zero-order valence-electron chi connectivity index (χ0n) is 17.2. The number of nitrogens with one attached hydrogen (secondary N) is 2. The van der Waals surface area contributed by atoms with Crippen molar-refractivity contribution in [1.29, 1.82) is 0 Å². The Kier molecular flexibility index (Phi) is 6.43. The molecule has 0 bridgehead atoms. The Morgan fingerprint density at radius 1 is 0.931 bits per heavy atom. The zero-order valence-corrected chi connectivity index (χ0v) is 18.0. The Hall–Kier alpha value is -2.43. The molecule has 150 valence electrons. The first kappa shape index (κ1) is 19.9. The van der Waals surface area contributed by atoms with E-state index in [4.69, 9.17) is 4.74 Å². The molecule has 1 aliphatic rings. The molecule has 0 fully saturated rings. The summed E-state index contributed by atoms with van der Waals surface area (Å²) in [5.41, 5.74) is 5.20. The van der Waals surface area contributed by atoms with E-state index in [0.717, 1.165) is 36.8 Å². The zero-order chi connectivity index (χ0) is 20.1. The van der Waals surface area contributed by atoms with E-state index in [0.29, 0.717) is 0 Å². The van der Waals surface area contributed by atoms with Gasteiger partial charge >= 0.3 is 0 Å². The summed E-state index contributed by atoms with van der Waals surface area (Å²) in [6.07, 6.45) is 1.07. The van der Waals surface area contributed by atoms with Crippen molar-refractivity contribution in [3.63, 3.8) is 0 Å². The number of anilines is 1. The molecule has 0 aromatic heterocycles. The molecular formula is C25H29N2OS+. The fraction of sp³-hybridized carbons (Fsp3) is 0.280. The van der Waals surface area contributed by atoms with Crippen molar-refractivity contribution in [2.45, 2.75) is 23.1 Å². The maximum absolute atomic E-state index is 5.89. The van der Waals surface area contributed by atoms with E-state index >= 15 is 0 Å². The summed E-state index contributed by atoms with van der Waals surface area (Å²) < 4.78 is 5.89. The van der Waals surface area contributed by atoms with E-state index in [1.165, 1.54) is 26.5 Å². The Balaban J connectivity index is 1.52. The smallest absolute Gasteiger partial charge is 0.119 e. The van der Waals surface area contributed by atoms with Crippen molar-refractivity contribution in [2.75, 3.05) is 32.6 Å². The normalized spacial score (nSPS) is 15.3. The molecule has 2 N–H and O–H groups in total. The van der Waals surface area contributed by atoms with Crippen LogP contribution in [0.15, 0.2) is 77.7 Å². The molecule has 0 saturated heterocycles. The van der Waals surface area contributed by atoms with Gasteiger partial charge in [-0.25, -0.2) is 0 Å². The van der Waals surface area contributed by atoms with E-state index < -0.39 is 0 Å². The topological polar surface area (TPSA) is 25.7 Å². The molecule has 3 aromatic carbocycles. The molecule has 29 heavy (non-hydrogen) atoms. The third-order valence-corrected chi connectivity index (χ3v) is 6.37. The molecule has 0 unspecified atom stereocenters. The van der Waals surface area contributed by atoms with Gasteiger partial charge in [-0.15, -0.1) is 11.8 Å². The number of hydrogen-bond acceptors (Lipinski definition) is 3. The van der Waals surface area contributed by atoms with E-state index in [9.17, 15) is 0 Å². The van der Waals surface area contributed by atoms with Gasteiger partial charge < -0.3 is 15.0 Å². The van der Waals surface area contributed by atoms with Crippen LogP contribution in [0, 0.1) is 0 Å². The molecule has 1 heterocycles. The number of thioether (sulfide) groups is 1. The van der Waals surface area contributed by atoms with E-state index in [-0.39, 0.29) is 6.04 Å². The molecule has 0 radical (unpaired) electrons. The van der Waals surface area contributed by atoms with Crippen molar-refractivity contribution < 1.29 is 9.64 Å². The second kappa shape index (κ2) is 9.38. The van der Waals surface area contributed by atoms with Gasteiger partial charge in [0.25, 0.3) is 0 Å². The Labute approximate surface area is 178 Å². The lowest BCUT2D eigenvalue weighted by molar-refractivity contribution is -0.858. The highest BCUT2D eigenvalue weighted by Crippen LogP contribution is 2.40. The van der Waals surface area contributed by atoms with Crippen molar-refractivity contribution in [3.8, 4) is 5.75 Å². The lowest BCUT2D eigenvalue weighted by Crippen LogP contribution is -3.05. The van der Waals surface area contributed by atoms with Gasteiger partial charge in [-0.2, -0.15) is 0 Å². The Morgan fingerprint density at radius 2 is 1.66 bits per heavy atom. The quantitative estimate of drug-likeness (QED) is 0.570. The number of hydrogen-bond donors (Lipinski definition) is 2. The highest BCUT2D eigenvalue weighted by atomic mass is 32.2. The number of benzene rings is 3. The summed E-state index contributed by atoms with van der Waals surface area (Å²) in [6, 6.07) is 26.0. The van der Waals surface area contributed by atoms with Gasteiger partial charge in [0.05, 0.1) is 33.3 Å². The molecule has 0 spiro atoms. The summed E-state index contributed by atoms with van der Waals surface area (Å²) in [5.74, 6) is 1.94. The summed E-state index contributed by atoms with van der Waals surface area (Å²) in [7, 11) is 4.34. The molecule has 4 rings (SSSR count). The third kappa shape index (κ3) is 4.95. The largest absolute Gasteiger partial charge is 0.493 e. The summed E-state index contributed by atoms with van der Waals surface area (Å²) in [5, 5.41) is 3.77. The first-order chi connectivity index (χ1) is 14.2. The standard InChI is InChI=1S/C25H28N2OS/c1-27(2)16-7-17-28-21-14-12-20(13-15-21)26-25-22-9-4-3-8-19(22)18-29-24-11-6-5-10-23(24)25/h3-6,8-15,25-26H,7,16-18H2,1-2H3/p+1/t25-/m0/s1. The van der Waals surface area contributed by atoms with Gasteiger partial charge in [-0.1, -0.05) is 42.5 Å². The van der Waals surface area contributed by atoms with Gasteiger partial charge in [-0.05, 0) is 47.0 Å².